The van der Waals surface area contributed by atoms with E-state index < -0.39 is 12.1 Å². The van der Waals surface area contributed by atoms with E-state index in [1.165, 1.54) is 12.7 Å². The molecule has 1 atom stereocenters. The van der Waals surface area contributed by atoms with Crippen LogP contribution in [0.5, 0.6) is 0 Å². The Kier molecular flexibility index (Phi) is 4.40. The van der Waals surface area contributed by atoms with Crippen LogP contribution in [0.3, 0.4) is 0 Å². The Morgan fingerprint density at radius 2 is 1.55 bits per heavy atom. The highest BCUT2D eigenvalue weighted by molar-refractivity contribution is 5.50. The van der Waals surface area contributed by atoms with Crippen molar-refractivity contribution < 1.29 is 13.2 Å². The van der Waals surface area contributed by atoms with Crippen molar-refractivity contribution in [3.8, 4) is 0 Å². The standard InChI is InChI=1S/C15H21F3N4/c16-15(17,18)12-5-4-8-22(10-12)14-9-13(19-11-20-14)21-6-2-1-3-7-21/h9,11-12H,1-8,10H2. The molecule has 1 aromatic heterocycles. The van der Waals surface area contributed by atoms with Crippen molar-refractivity contribution in [2.75, 3.05) is 36.0 Å². The topological polar surface area (TPSA) is 32.3 Å². The third-order valence-corrected chi connectivity index (χ3v) is 4.53. The highest BCUT2D eigenvalue weighted by Gasteiger charge is 2.42. The molecule has 2 fully saturated rings. The van der Waals surface area contributed by atoms with E-state index in [9.17, 15) is 13.2 Å². The molecule has 22 heavy (non-hydrogen) atoms. The number of halogens is 3. The lowest BCUT2D eigenvalue weighted by Crippen LogP contribution is -2.42. The van der Waals surface area contributed by atoms with Gasteiger partial charge in [-0.25, -0.2) is 9.97 Å². The van der Waals surface area contributed by atoms with Crippen LogP contribution in [0.4, 0.5) is 24.8 Å². The van der Waals surface area contributed by atoms with Gasteiger partial charge in [0.2, 0.25) is 0 Å². The summed E-state index contributed by atoms with van der Waals surface area (Å²) in [6, 6.07) is 1.84. The molecule has 1 aromatic rings. The number of aromatic nitrogens is 2. The van der Waals surface area contributed by atoms with E-state index in [-0.39, 0.29) is 13.0 Å². The normalized spacial score (nSPS) is 23.7. The van der Waals surface area contributed by atoms with Gasteiger partial charge in [-0.1, -0.05) is 0 Å². The summed E-state index contributed by atoms with van der Waals surface area (Å²) >= 11 is 0. The van der Waals surface area contributed by atoms with Gasteiger partial charge in [0, 0.05) is 32.2 Å². The van der Waals surface area contributed by atoms with Gasteiger partial charge in [0.15, 0.2) is 0 Å². The van der Waals surface area contributed by atoms with E-state index in [2.05, 4.69) is 14.9 Å². The molecule has 0 saturated carbocycles. The maximum Gasteiger partial charge on any atom is 0.393 e. The molecule has 4 nitrogen and oxygen atoms in total. The van der Waals surface area contributed by atoms with Gasteiger partial charge in [-0.2, -0.15) is 13.2 Å². The van der Waals surface area contributed by atoms with Crippen molar-refractivity contribution in [2.24, 2.45) is 5.92 Å². The second kappa shape index (κ2) is 6.30. The van der Waals surface area contributed by atoms with Crippen LogP contribution >= 0.6 is 0 Å². The zero-order valence-corrected chi connectivity index (χ0v) is 12.5. The number of rotatable bonds is 2. The van der Waals surface area contributed by atoms with Crippen molar-refractivity contribution >= 4 is 11.6 Å². The maximum absolute atomic E-state index is 12.9. The fourth-order valence-corrected chi connectivity index (χ4v) is 3.26. The SMILES string of the molecule is FC(F)(F)C1CCCN(c2cc(N3CCCCC3)ncn2)C1. The quantitative estimate of drug-likeness (QED) is 0.839. The smallest absolute Gasteiger partial charge is 0.356 e. The van der Waals surface area contributed by atoms with E-state index in [4.69, 9.17) is 0 Å². The molecule has 0 N–H and O–H groups in total. The van der Waals surface area contributed by atoms with Crippen LogP contribution < -0.4 is 9.80 Å². The lowest BCUT2D eigenvalue weighted by molar-refractivity contribution is -0.176. The summed E-state index contributed by atoms with van der Waals surface area (Å²) in [5, 5.41) is 0. The Hall–Kier alpha value is -1.53. The monoisotopic (exact) mass is 314 g/mol. The summed E-state index contributed by atoms with van der Waals surface area (Å²) in [5.74, 6) is 0.193. The summed E-state index contributed by atoms with van der Waals surface area (Å²) in [4.78, 5) is 12.4. The van der Waals surface area contributed by atoms with E-state index in [0.717, 1.165) is 31.7 Å². The first-order chi connectivity index (χ1) is 10.5. The Labute approximate surface area is 128 Å². The highest BCUT2D eigenvalue weighted by Crippen LogP contribution is 2.34. The van der Waals surface area contributed by atoms with Crippen LogP contribution in [0.2, 0.25) is 0 Å². The average Bonchev–Trinajstić information content (AvgIpc) is 2.55. The predicted molar refractivity (Wildman–Crippen MR) is 79.1 cm³/mol. The van der Waals surface area contributed by atoms with Crippen molar-refractivity contribution in [1.82, 2.24) is 9.97 Å². The first kappa shape index (κ1) is 15.4. The molecule has 7 heteroatoms. The molecule has 2 saturated heterocycles. The van der Waals surface area contributed by atoms with E-state index in [0.29, 0.717) is 18.8 Å². The Morgan fingerprint density at radius 1 is 0.909 bits per heavy atom. The number of piperidine rings is 2. The summed E-state index contributed by atoms with van der Waals surface area (Å²) in [5.41, 5.74) is 0. The van der Waals surface area contributed by atoms with Crippen LogP contribution in [-0.2, 0) is 0 Å². The predicted octanol–water partition coefficient (Wildman–Crippen LogP) is 3.25. The largest absolute Gasteiger partial charge is 0.393 e. The molecule has 122 valence electrons. The van der Waals surface area contributed by atoms with Gasteiger partial charge < -0.3 is 9.80 Å². The number of alkyl halides is 3. The van der Waals surface area contributed by atoms with Gasteiger partial charge in [-0.3, -0.25) is 0 Å². The molecule has 0 spiro atoms. The molecular formula is C15H21F3N4. The van der Waals surface area contributed by atoms with Crippen LogP contribution in [0, 0.1) is 5.92 Å². The third-order valence-electron chi connectivity index (χ3n) is 4.53. The first-order valence-electron chi connectivity index (χ1n) is 7.93. The van der Waals surface area contributed by atoms with Crippen molar-refractivity contribution in [1.29, 1.82) is 0 Å². The van der Waals surface area contributed by atoms with Crippen LogP contribution in [0.25, 0.3) is 0 Å². The van der Waals surface area contributed by atoms with Gasteiger partial charge in [-0.05, 0) is 32.1 Å². The molecule has 0 amide bonds. The van der Waals surface area contributed by atoms with E-state index in [1.54, 1.807) is 4.90 Å². The summed E-state index contributed by atoms with van der Waals surface area (Å²) < 4.78 is 38.8. The second-order valence-corrected chi connectivity index (χ2v) is 6.11. The lowest BCUT2D eigenvalue weighted by Gasteiger charge is -2.35. The lowest BCUT2D eigenvalue weighted by atomic mass is 9.97. The Bertz CT molecular complexity index is 500. The minimum absolute atomic E-state index is 0.0000463. The Balaban J connectivity index is 1.74. The minimum Gasteiger partial charge on any atom is -0.356 e. The number of anilines is 2. The Morgan fingerprint density at radius 3 is 2.23 bits per heavy atom. The molecule has 2 aliphatic heterocycles. The zero-order chi connectivity index (χ0) is 15.6. The highest BCUT2D eigenvalue weighted by atomic mass is 19.4. The molecule has 2 aliphatic rings. The fourth-order valence-electron chi connectivity index (χ4n) is 3.26. The number of nitrogens with zero attached hydrogens (tertiary/aromatic N) is 4. The fraction of sp³-hybridized carbons (Fsp3) is 0.733. The molecular weight excluding hydrogens is 293 g/mol. The van der Waals surface area contributed by atoms with Crippen molar-refractivity contribution in [3.63, 3.8) is 0 Å². The van der Waals surface area contributed by atoms with Gasteiger partial charge in [0.25, 0.3) is 0 Å². The molecule has 0 bridgehead atoms. The number of hydrogen-bond donors (Lipinski definition) is 0. The van der Waals surface area contributed by atoms with Crippen LogP contribution in [0.1, 0.15) is 32.1 Å². The average molecular weight is 314 g/mol. The maximum atomic E-state index is 12.9. The number of hydrogen-bond acceptors (Lipinski definition) is 4. The van der Waals surface area contributed by atoms with E-state index in [1.807, 2.05) is 6.07 Å². The summed E-state index contributed by atoms with van der Waals surface area (Å²) in [7, 11) is 0. The molecule has 1 unspecified atom stereocenters. The molecule has 0 aromatic carbocycles. The first-order valence-corrected chi connectivity index (χ1v) is 7.93. The molecule has 0 radical (unpaired) electrons. The van der Waals surface area contributed by atoms with Crippen LogP contribution in [-0.4, -0.2) is 42.3 Å². The second-order valence-electron chi connectivity index (χ2n) is 6.11. The zero-order valence-electron chi connectivity index (χ0n) is 12.5. The summed E-state index contributed by atoms with van der Waals surface area (Å²) in [6.45, 7) is 2.55. The van der Waals surface area contributed by atoms with Gasteiger partial charge in [0.05, 0.1) is 5.92 Å². The molecule has 3 rings (SSSR count). The third kappa shape index (κ3) is 3.44. The van der Waals surface area contributed by atoms with Crippen LogP contribution in [0.15, 0.2) is 12.4 Å². The molecule has 3 heterocycles. The van der Waals surface area contributed by atoms with Crippen molar-refractivity contribution in [2.45, 2.75) is 38.3 Å². The van der Waals surface area contributed by atoms with Gasteiger partial charge >= 0.3 is 6.18 Å². The summed E-state index contributed by atoms with van der Waals surface area (Å²) in [6.07, 6.45) is 1.61. The molecule has 0 aliphatic carbocycles. The van der Waals surface area contributed by atoms with Crippen molar-refractivity contribution in [3.05, 3.63) is 12.4 Å². The van der Waals surface area contributed by atoms with Gasteiger partial charge in [0.1, 0.15) is 18.0 Å². The minimum atomic E-state index is -4.12. The van der Waals surface area contributed by atoms with Gasteiger partial charge in [-0.15, -0.1) is 0 Å². The van der Waals surface area contributed by atoms with E-state index >= 15 is 0 Å².